The van der Waals surface area contributed by atoms with Gasteiger partial charge in [0.25, 0.3) is 0 Å². The molecule has 8 aromatic rings. The molecule has 0 saturated heterocycles. The first-order chi connectivity index (χ1) is 24.3. The highest BCUT2D eigenvalue weighted by atomic mass is 15.0. The average molecular weight is 626 g/mol. The molecule has 0 aliphatic heterocycles. The molecule has 0 fully saturated rings. The fourth-order valence-electron chi connectivity index (χ4n) is 6.92. The summed E-state index contributed by atoms with van der Waals surface area (Å²) in [6.07, 6.45) is 0.948. The second kappa shape index (κ2) is 12.3. The van der Waals surface area contributed by atoms with Gasteiger partial charge < -0.3 is 0 Å². The first kappa shape index (κ1) is 28.7. The Kier molecular flexibility index (Phi) is 7.21. The summed E-state index contributed by atoms with van der Waals surface area (Å²) < 4.78 is 0. The van der Waals surface area contributed by atoms with Crippen molar-refractivity contribution < 1.29 is 0 Å². The molecule has 0 atom stereocenters. The molecule has 0 amide bonds. The summed E-state index contributed by atoms with van der Waals surface area (Å²) in [5.74, 6) is 1.97. The van der Waals surface area contributed by atoms with Gasteiger partial charge in [-0.05, 0) is 80.3 Å². The van der Waals surface area contributed by atoms with Crippen molar-refractivity contribution in [3.05, 3.63) is 187 Å². The number of aromatic nitrogens is 3. The first-order valence-electron chi connectivity index (χ1n) is 16.7. The minimum atomic E-state index is 0.650. The predicted molar refractivity (Wildman–Crippen MR) is 201 cm³/mol. The van der Waals surface area contributed by atoms with Crippen molar-refractivity contribution in [2.45, 2.75) is 6.42 Å². The Bertz CT molecular complexity index is 2380. The Balaban J connectivity index is 1.14. The van der Waals surface area contributed by atoms with Crippen LogP contribution in [0.25, 0.3) is 78.7 Å². The van der Waals surface area contributed by atoms with Crippen LogP contribution in [0.2, 0.25) is 0 Å². The molecule has 0 saturated carbocycles. The molecular formula is C46H31N3. The van der Waals surface area contributed by atoms with E-state index in [2.05, 4.69) is 115 Å². The lowest BCUT2D eigenvalue weighted by atomic mass is 9.90. The van der Waals surface area contributed by atoms with Gasteiger partial charge >= 0.3 is 0 Å². The fourth-order valence-corrected chi connectivity index (χ4v) is 6.92. The molecule has 230 valence electrons. The van der Waals surface area contributed by atoms with Crippen molar-refractivity contribution in [3.63, 3.8) is 0 Å². The molecule has 9 rings (SSSR count). The Labute approximate surface area is 286 Å². The highest BCUT2D eigenvalue weighted by molar-refractivity contribution is 5.88. The van der Waals surface area contributed by atoms with E-state index in [1.54, 1.807) is 0 Å². The summed E-state index contributed by atoms with van der Waals surface area (Å²) in [6, 6.07) is 62.0. The van der Waals surface area contributed by atoms with Crippen LogP contribution < -0.4 is 0 Å². The summed E-state index contributed by atoms with van der Waals surface area (Å²) >= 11 is 0. The number of nitrogens with zero attached hydrogens (tertiary/aromatic N) is 3. The van der Waals surface area contributed by atoms with E-state index < -0.39 is 0 Å². The van der Waals surface area contributed by atoms with Crippen molar-refractivity contribution in [2.75, 3.05) is 0 Å². The lowest BCUT2D eigenvalue weighted by Crippen LogP contribution is -2.00. The largest absolute Gasteiger partial charge is 0.208 e. The van der Waals surface area contributed by atoms with Crippen molar-refractivity contribution in [1.29, 1.82) is 0 Å². The second-order valence-corrected chi connectivity index (χ2v) is 12.4. The quantitative estimate of drug-likeness (QED) is 0.185. The molecule has 3 heteroatoms. The van der Waals surface area contributed by atoms with Crippen molar-refractivity contribution in [1.82, 2.24) is 15.0 Å². The summed E-state index contributed by atoms with van der Waals surface area (Å²) in [4.78, 5) is 14.7. The number of hydrogen-bond donors (Lipinski definition) is 0. The molecule has 0 radical (unpaired) electrons. The molecule has 1 heterocycles. The molecule has 0 bridgehead atoms. The van der Waals surface area contributed by atoms with E-state index >= 15 is 0 Å². The SMILES string of the molecule is c1ccc(-c2cc(-c3ccc(-c4nc(-c5ccccc5)nc(-c5ccccc5)n4)cc3)cc(-c3cccc4c3Cc3ccccc3-4)c2)cc1. The zero-order chi connectivity index (χ0) is 32.6. The highest BCUT2D eigenvalue weighted by Gasteiger charge is 2.22. The van der Waals surface area contributed by atoms with Crippen LogP contribution in [0.5, 0.6) is 0 Å². The molecule has 3 nitrogen and oxygen atoms in total. The van der Waals surface area contributed by atoms with Gasteiger partial charge in [-0.2, -0.15) is 0 Å². The molecule has 1 aliphatic rings. The average Bonchev–Trinajstić information content (AvgIpc) is 3.58. The third-order valence-corrected chi connectivity index (χ3v) is 9.38. The summed E-state index contributed by atoms with van der Waals surface area (Å²) in [7, 11) is 0. The Hall–Kier alpha value is -6.45. The van der Waals surface area contributed by atoms with Crippen LogP contribution in [0.4, 0.5) is 0 Å². The van der Waals surface area contributed by atoms with Crippen LogP contribution in [0.1, 0.15) is 11.1 Å². The molecule has 0 spiro atoms. The van der Waals surface area contributed by atoms with Gasteiger partial charge in [0.15, 0.2) is 17.5 Å². The van der Waals surface area contributed by atoms with Gasteiger partial charge in [0.1, 0.15) is 0 Å². The maximum Gasteiger partial charge on any atom is 0.164 e. The highest BCUT2D eigenvalue weighted by Crippen LogP contribution is 2.43. The number of fused-ring (bicyclic) bond motifs is 3. The molecule has 1 aliphatic carbocycles. The van der Waals surface area contributed by atoms with Crippen LogP contribution in [0.15, 0.2) is 176 Å². The predicted octanol–water partition coefficient (Wildman–Crippen LogP) is 11.4. The fraction of sp³-hybridized carbons (Fsp3) is 0.0217. The van der Waals surface area contributed by atoms with E-state index in [1.807, 2.05) is 60.7 Å². The van der Waals surface area contributed by atoms with Gasteiger partial charge in [0, 0.05) is 16.7 Å². The molecule has 1 aromatic heterocycles. The zero-order valence-corrected chi connectivity index (χ0v) is 26.8. The van der Waals surface area contributed by atoms with Gasteiger partial charge in [0.2, 0.25) is 0 Å². The lowest BCUT2D eigenvalue weighted by molar-refractivity contribution is 1.07. The van der Waals surface area contributed by atoms with Gasteiger partial charge in [-0.3, -0.25) is 0 Å². The maximum atomic E-state index is 4.94. The smallest absolute Gasteiger partial charge is 0.164 e. The Morgan fingerprint density at radius 3 is 1.29 bits per heavy atom. The summed E-state index contributed by atoms with van der Waals surface area (Å²) in [5, 5.41) is 0. The number of rotatable bonds is 6. The topological polar surface area (TPSA) is 38.7 Å². The second-order valence-electron chi connectivity index (χ2n) is 12.4. The summed E-state index contributed by atoms with van der Waals surface area (Å²) in [6.45, 7) is 0. The number of hydrogen-bond acceptors (Lipinski definition) is 3. The molecule has 0 N–H and O–H groups in total. The van der Waals surface area contributed by atoms with Crippen LogP contribution in [0, 0.1) is 0 Å². The van der Waals surface area contributed by atoms with Crippen molar-refractivity contribution >= 4 is 0 Å². The van der Waals surface area contributed by atoms with Gasteiger partial charge in [-0.25, -0.2) is 15.0 Å². The zero-order valence-electron chi connectivity index (χ0n) is 26.8. The van der Waals surface area contributed by atoms with E-state index in [-0.39, 0.29) is 0 Å². The van der Waals surface area contributed by atoms with E-state index in [0.29, 0.717) is 17.5 Å². The first-order valence-corrected chi connectivity index (χ1v) is 16.7. The van der Waals surface area contributed by atoms with Crippen LogP contribution >= 0.6 is 0 Å². The normalized spacial score (nSPS) is 11.6. The molecular weight excluding hydrogens is 595 g/mol. The number of benzene rings is 7. The van der Waals surface area contributed by atoms with E-state index in [0.717, 1.165) is 28.7 Å². The van der Waals surface area contributed by atoms with Crippen molar-refractivity contribution in [3.8, 4) is 78.7 Å². The Morgan fingerprint density at radius 2 is 0.694 bits per heavy atom. The van der Waals surface area contributed by atoms with Gasteiger partial charge in [-0.1, -0.05) is 158 Å². The molecule has 49 heavy (non-hydrogen) atoms. The lowest BCUT2D eigenvalue weighted by Gasteiger charge is -2.14. The van der Waals surface area contributed by atoms with Gasteiger partial charge in [-0.15, -0.1) is 0 Å². The molecule has 0 unspecified atom stereocenters. The van der Waals surface area contributed by atoms with Crippen LogP contribution in [-0.4, -0.2) is 15.0 Å². The van der Waals surface area contributed by atoms with Crippen LogP contribution in [0.3, 0.4) is 0 Å². The molecule has 7 aromatic carbocycles. The van der Waals surface area contributed by atoms with E-state index in [9.17, 15) is 0 Å². The third kappa shape index (κ3) is 5.52. The monoisotopic (exact) mass is 625 g/mol. The van der Waals surface area contributed by atoms with E-state index in [4.69, 9.17) is 15.0 Å². The minimum Gasteiger partial charge on any atom is -0.208 e. The maximum absolute atomic E-state index is 4.94. The van der Waals surface area contributed by atoms with Gasteiger partial charge in [0.05, 0.1) is 0 Å². The van der Waals surface area contributed by atoms with Crippen LogP contribution in [-0.2, 0) is 6.42 Å². The van der Waals surface area contributed by atoms with E-state index in [1.165, 1.54) is 50.1 Å². The standard InChI is InChI=1S/C46H31N3/c1-4-13-31(14-5-1)37-27-38(29-39(28-37)41-21-12-22-42-40-20-11-10-19-36(40)30-43(41)42)32-23-25-35(26-24-32)46-48-44(33-15-6-2-7-16-33)47-45(49-46)34-17-8-3-9-18-34/h1-29H,30H2. The minimum absolute atomic E-state index is 0.650. The van der Waals surface area contributed by atoms with Crippen molar-refractivity contribution in [2.24, 2.45) is 0 Å². The third-order valence-electron chi connectivity index (χ3n) is 9.38. The Morgan fingerprint density at radius 1 is 0.286 bits per heavy atom. The summed E-state index contributed by atoms with van der Waals surface area (Å²) in [5.41, 5.74) is 15.6.